The molecule has 0 bridgehead atoms. The zero-order valence-corrected chi connectivity index (χ0v) is 11.0. The van der Waals surface area contributed by atoms with Gasteiger partial charge in [-0.05, 0) is 39.7 Å². The maximum absolute atomic E-state index is 13.4. The number of hydrogen-bond donors (Lipinski definition) is 1. The molecular weight excluding hydrogens is 285 g/mol. The van der Waals surface area contributed by atoms with Crippen molar-refractivity contribution in [1.29, 1.82) is 0 Å². The first-order valence-electron chi connectivity index (χ1n) is 5.25. The van der Waals surface area contributed by atoms with Crippen molar-refractivity contribution in [1.82, 2.24) is 9.78 Å². The fraction of sp³-hybridized carbons (Fsp3) is 0.250. The average Bonchev–Trinajstić information content (AvgIpc) is 2.68. The summed E-state index contributed by atoms with van der Waals surface area (Å²) in [5.41, 5.74) is 7.70. The molecule has 2 aromatic rings. The summed E-state index contributed by atoms with van der Waals surface area (Å²) in [6.45, 7) is 0. The van der Waals surface area contributed by atoms with Gasteiger partial charge in [-0.2, -0.15) is 5.10 Å². The molecule has 0 aliphatic carbocycles. The van der Waals surface area contributed by atoms with Crippen LogP contribution in [0, 0.1) is 5.82 Å². The number of nitrogens with two attached hydrogens (primary N) is 1. The Morgan fingerprint density at radius 2 is 2.24 bits per heavy atom. The van der Waals surface area contributed by atoms with Crippen LogP contribution in [0.5, 0.6) is 0 Å². The van der Waals surface area contributed by atoms with E-state index in [4.69, 9.17) is 5.73 Å². The van der Waals surface area contributed by atoms with Gasteiger partial charge in [0.2, 0.25) is 0 Å². The quantitative estimate of drug-likeness (QED) is 0.946. The van der Waals surface area contributed by atoms with Gasteiger partial charge >= 0.3 is 0 Å². The molecule has 0 aliphatic heterocycles. The SMILES string of the molecule is Cn1ccc(CC(N)c2ccc(Br)c(F)c2)n1. The molecule has 1 aromatic heterocycles. The van der Waals surface area contributed by atoms with Crippen molar-refractivity contribution in [2.75, 3.05) is 0 Å². The van der Waals surface area contributed by atoms with Gasteiger partial charge in [-0.25, -0.2) is 4.39 Å². The minimum Gasteiger partial charge on any atom is -0.324 e. The number of nitrogens with zero attached hydrogens (tertiary/aromatic N) is 2. The normalized spacial score (nSPS) is 12.7. The summed E-state index contributed by atoms with van der Waals surface area (Å²) in [6, 6.07) is 6.61. The lowest BCUT2D eigenvalue weighted by molar-refractivity contribution is 0.610. The zero-order valence-electron chi connectivity index (χ0n) is 9.40. The first kappa shape index (κ1) is 12.3. The number of rotatable bonds is 3. The van der Waals surface area contributed by atoms with E-state index in [-0.39, 0.29) is 11.9 Å². The first-order valence-corrected chi connectivity index (χ1v) is 6.04. The Balaban J connectivity index is 2.14. The van der Waals surface area contributed by atoms with E-state index in [1.165, 1.54) is 6.07 Å². The Kier molecular flexibility index (Phi) is 3.59. The molecule has 0 fully saturated rings. The molecule has 0 spiro atoms. The van der Waals surface area contributed by atoms with Crippen molar-refractivity contribution < 1.29 is 4.39 Å². The molecule has 3 nitrogen and oxygen atoms in total. The monoisotopic (exact) mass is 297 g/mol. The van der Waals surface area contributed by atoms with Crippen molar-refractivity contribution in [2.45, 2.75) is 12.5 Å². The van der Waals surface area contributed by atoms with E-state index in [2.05, 4.69) is 21.0 Å². The van der Waals surface area contributed by atoms with E-state index in [0.717, 1.165) is 11.3 Å². The highest BCUT2D eigenvalue weighted by Crippen LogP contribution is 2.21. The second kappa shape index (κ2) is 4.98. The van der Waals surface area contributed by atoms with Gasteiger partial charge in [0, 0.05) is 25.7 Å². The van der Waals surface area contributed by atoms with Crippen LogP contribution in [-0.2, 0) is 13.5 Å². The third-order valence-electron chi connectivity index (χ3n) is 2.57. The number of aromatic nitrogens is 2. The van der Waals surface area contributed by atoms with Crippen LogP contribution < -0.4 is 5.73 Å². The molecular formula is C12H13BrFN3. The topological polar surface area (TPSA) is 43.8 Å². The van der Waals surface area contributed by atoms with Crippen LogP contribution in [0.3, 0.4) is 0 Å². The smallest absolute Gasteiger partial charge is 0.137 e. The number of halogens is 2. The summed E-state index contributed by atoms with van der Waals surface area (Å²) in [6.07, 6.45) is 2.46. The summed E-state index contributed by atoms with van der Waals surface area (Å²) in [5, 5.41) is 4.25. The number of benzene rings is 1. The third kappa shape index (κ3) is 2.92. The van der Waals surface area contributed by atoms with E-state index in [1.54, 1.807) is 10.7 Å². The Morgan fingerprint density at radius 1 is 1.47 bits per heavy atom. The van der Waals surface area contributed by atoms with Gasteiger partial charge < -0.3 is 5.73 Å². The average molecular weight is 298 g/mol. The van der Waals surface area contributed by atoms with E-state index in [0.29, 0.717) is 10.9 Å². The Labute approximate surface area is 108 Å². The minimum atomic E-state index is -0.293. The number of aryl methyl sites for hydroxylation is 1. The first-order chi connectivity index (χ1) is 8.06. The van der Waals surface area contributed by atoms with Crippen LogP contribution in [0.25, 0.3) is 0 Å². The molecule has 1 unspecified atom stereocenters. The second-order valence-corrected chi connectivity index (χ2v) is 4.82. The fourth-order valence-electron chi connectivity index (χ4n) is 1.66. The molecule has 0 saturated carbocycles. The lowest BCUT2D eigenvalue weighted by Gasteiger charge is -2.10. The van der Waals surface area contributed by atoms with Crippen LogP contribution in [0.4, 0.5) is 4.39 Å². The molecule has 1 atom stereocenters. The van der Waals surface area contributed by atoms with Gasteiger partial charge in [-0.15, -0.1) is 0 Å². The van der Waals surface area contributed by atoms with E-state index < -0.39 is 0 Å². The van der Waals surface area contributed by atoms with Crippen molar-refractivity contribution >= 4 is 15.9 Å². The zero-order chi connectivity index (χ0) is 12.4. The Bertz CT molecular complexity index is 524. The Morgan fingerprint density at radius 3 is 2.82 bits per heavy atom. The maximum atomic E-state index is 13.4. The second-order valence-electron chi connectivity index (χ2n) is 3.96. The molecule has 0 amide bonds. The molecule has 0 radical (unpaired) electrons. The van der Waals surface area contributed by atoms with Gasteiger partial charge in [0.15, 0.2) is 0 Å². The van der Waals surface area contributed by atoms with Crippen molar-refractivity contribution in [2.24, 2.45) is 12.8 Å². The Hall–Kier alpha value is -1.20. The molecule has 2 N–H and O–H groups in total. The molecule has 1 heterocycles. The van der Waals surface area contributed by atoms with Crippen LogP contribution in [0.15, 0.2) is 34.9 Å². The van der Waals surface area contributed by atoms with E-state index in [1.807, 2.05) is 25.4 Å². The molecule has 1 aromatic carbocycles. The third-order valence-corrected chi connectivity index (χ3v) is 3.21. The van der Waals surface area contributed by atoms with Crippen molar-refractivity contribution in [3.63, 3.8) is 0 Å². The van der Waals surface area contributed by atoms with Gasteiger partial charge in [0.1, 0.15) is 5.82 Å². The maximum Gasteiger partial charge on any atom is 0.137 e. The molecule has 90 valence electrons. The van der Waals surface area contributed by atoms with E-state index in [9.17, 15) is 4.39 Å². The largest absolute Gasteiger partial charge is 0.324 e. The standard InChI is InChI=1S/C12H13BrFN3/c1-17-5-4-9(16-17)7-12(15)8-2-3-10(13)11(14)6-8/h2-6,12H,7,15H2,1H3. The van der Waals surface area contributed by atoms with Gasteiger partial charge in [-0.1, -0.05) is 6.07 Å². The molecule has 0 aliphatic rings. The van der Waals surface area contributed by atoms with Crippen LogP contribution >= 0.6 is 15.9 Å². The highest BCUT2D eigenvalue weighted by molar-refractivity contribution is 9.10. The van der Waals surface area contributed by atoms with Crippen LogP contribution in [0.2, 0.25) is 0 Å². The molecule has 17 heavy (non-hydrogen) atoms. The van der Waals surface area contributed by atoms with Crippen molar-refractivity contribution in [3.8, 4) is 0 Å². The molecule has 0 saturated heterocycles. The fourth-order valence-corrected chi connectivity index (χ4v) is 1.90. The lowest BCUT2D eigenvalue weighted by Crippen LogP contribution is -2.14. The highest BCUT2D eigenvalue weighted by atomic mass is 79.9. The van der Waals surface area contributed by atoms with Crippen molar-refractivity contribution in [3.05, 3.63) is 52.0 Å². The summed E-state index contributed by atoms with van der Waals surface area (Å²) in [7, 11) is 1.86. The summed E-state index contributed by atoms with van der Waals surface area (Å²) in [4.78, 5) is 0. The molecule has 2 rings (SSSR count). The summed E-state index contributed by atoms with van der Waals surface area (Å²) < 4.78 is 15.5. The summed E-state index contributed by atoms with van der Waals surface area (Å²) >= 11 is 3.12. The van der Waals surface area contributed by atoms with Gasteiger partial charge in [0.25, 0.3) is 0 Å². The van der Waals surface area contributed by atoms with Crippen LogP contribution in [0.1, 0.15) is 17.3 Å². The highest BCUT2D eigenvalue weighted by Gasteiger charge is 2.11. The number of hydrogen-bond acceptors (Lipinski definition) is 2. The summed E-state index contributed by atoms with van der Waals surface area (Å²) in [5.74, 6) is -0.293. The van der Waals surface area contributed by atoms with E-state index >= 15 is 0 Å². The lowest BCUT2D eigenvalue weighted by atomic mass is 10.0. The molecule has 5 heteroatoms. The van der Waals surface area contributed by atoms with Gasteiger partial charge in [0.05, 0.1) is 10.2 Å². The van der Waals surface area contributed by atoms with Gasteiger partial charge in [-0.3, -0.25) is 4.68 Å². The predicted molar refractivity (Wildman–Crippen MR) is 67.9 cm³/mol. The predicted octanol–water partition coefficient (Wildman–Crippen LogP) is 2.56. The minimum absolute atomic E-state index is 0.243. The van der Waals surface area contributed by atoms with Crippen LogP contribution in [-0.4, -0.2) is 9.78 Å².